The Bertz CT molecular complexity index is 250. The zero-order valence-electron chi connectivity index (χ0n) is 4.73. The van der Waals surface area contributed by atoms with Crippen molar-refractivity contribution in [2.24, 2.45) is 0 Å². The van der Waals surface area contributed by atoms with Crippen LogP contribution < -0.4 is 4.84 Å². The lowest BCUT2D eigenvalue weighted by molar-refractivity contribution is 0.0985. The monoisotopic (exact) mass is 239 g/mol. The summed E-state index contributed by atoms with van der Waals surface area (Å²) in [5.74, 6) is -0.274. The van der Waals surface area contributed by atoms with Gasteiger partial charge in [0.25, 0.3) is 5.91 Å². The van der Waals surface area contributed by atoms with Gasteiger partial charge in [0.2, 0.25) is 0 Å². The van der Waals surface area contributed by atoms with Crippen LogP contribution >= 0.6 is 39.0 Å². The fourth-order valence-corrected chi connectivity index (χ4v) is 2.10. The average molecular weight is 241 g/mol. The molecule has 1 aromatic heterocycles. The van der Waals surface area contributed by atoms with E-state index in [9.17, 15) is 4.79 Å². The Hall–Kier alpha value is -0.0600. The summed E-state index contributed by atoms with van der Waals surface area (Å²) in [6.07, 6.45) is 0. The van der Waals surface area contributed by atoms with Crippen LogP contribution in [0.1, 0.15) is 9.67 Å². The van der Waals surface area contributed by atoms with E-state index in [-0.39, 0.29) is 5.91 Å². The molecule has 2 nitrogen and oxygen atoms in total. The second kappa shape index (κ2) is 3.37. The number of amides is 1. The van der Waals surface area contributed by atoms with Crippen LogP contribution in [0, 0.1) is 0 Å². The SMILES string of the molecule is O=C(NCl)c1sccc1Br. The topological polar surface area (TPSA) is 29.1 Å². The molecule has 54 valence electrons. The van der Waals surface area contributed by atoms with Crippen molar-refractivity contribution in [2.75, 3.05) is 0 Å². The average Bonchev–Trinajstić information content (AvgIpc) is 2.34. The molecule has 0 aromatic carbocycles. The summed E-state index contributed by atoms with van der Waals surface area (Å²) in [6.45, 7) is 0. The molecule has 1 heterocycles. The number of hydrogen-bond acceptors (Lipinski definition) is 2. The van der Waals surface area contributed by atoms with E-state index in [2.05, 4.69) is 15.9 Å². The summed E-state index contributed by atoms with van der Waals surface area (Å²) >= 11 is 9.64. The molecule has 0 radical (unpaired) electrons. The molecule has 0 saturated heterocycles. The third-order valence-electron chi connectivity index (χ3n) is 0.909. The van der Waals surface area contributed by atoms with Crippen LogP contribution in [0.4, 0.5) is 0 Å². The molecule has 0 spiro atoms. The molecule has 0 bridgehead atoms. The van der Waals surface area contributed by atoms with Gasteiger partial charge in [-0.25, -0.2) is 0 Å². The molecular formula is C5H3BrClNOS. The Morgan fingerprint density at radius 3 is 2.90 bits per heavy atom. The molecule has 1 aromatic rings. The second-order valence-corrected chi connectivity index (χ2v) is 3.48. The minimum absolute atomic E-state index is 0.274. The number of thiophene rings is 1. The Morgan fingerprint density at radius 1 is 1.80 bits per heavy atom. The lowest BCUT2D eigenvalue weighted by Crippen LogP contribution is -2.10. The first-order chi connectivity index (χ1) is 4.75. The third-order valence-corrected chi connectivity index (χ3v) is 2.92. The van der Waals surface area contributed by atoms with E-state index in [1.54, 1.807) is 6.07 Å². The Balaban J connectivity index is 2.93. The lowest BCUT2D eigenvalue weighted by Gasteiger charge is -1.91. The van der Waals surface area contributed by atoms with Crippen molar-refractivity contribution in [1.29, 1.82) is 0 Å². The number of carbonyl (C=O) groups is 1. The Kier molecular flexibility index (Phi) is 2.71. The largest absolute Gasteiger partial charge is 0.276 e. The van der Waals surface area contributed by atoms with Crippen molar-refractivity contribution >= 4 is 45.0 Å². The maximum Gasteiger partial charge on any atom is 0.276 e. The van der Waals surface area contributed by atoms with Crippen LogP contribution in [0.15, 0.2) is 15.9 Å². The zero-order valence-corrected chi connectivity index (χ0v) is 7.89. The van der Waals surface area contributed by atoms with Crippen molar-refractivity contribution in [2.45, 2.75) is 0 Å². The first-order valence-electron chi connectivity index (χ1n) is 2.39. The summed E-state index contributed by atoms with van der Waals surface area (Å²) in [7, 11) is 0. The summed E-state index contributed by atoms with van der Waals surface area (Å²) < 4.78 is 0.774. The minimum atomic E-state index is -0.274. The summed E-state index contributed by atoms with van der Waals surface area (Å²) in [5, 5.41) is 1.81. The van der Waals surface area contributed by atoms with E-state index < -0.39 is 0 Å². The Labute approximate surface area is 75.4 Å². The maximum atomic E-state index is 10.8. The number of hydrogen-bond donors (Lipinski definition) is 1. The summed E-state index contributed by atoms with van der Waals surface area (Å²) in [6, 6.07) is 1.80. The van der Waals surface area contributed by atoms with Crippen LogP contribution in [-0.2, 0) is 0 Å². The second-order valence-electron chi connectivity index (χ2n) is 1.52. The lowest BCUT2D eigenvalue weighted by atomic mass is 10.5. The van der Waals surface area contributed by atoms with Gasteiger partial charge in [0.1, 0.15) is 4.88 Å². The van der Waals surface area contributed by atoms with Crippen molar-refractivity contribution in [3.8, 4) is 0 Å². The normalized spacial score (nSPS) is 9.40. The first-order valence-corrected chi connectivity index (χ1v) is 4.44. The highest BCUT2D eigenvalue weighted by atomic mass is 79.9. The van der Waals surface area contributed by atoms with Crippen molar-refractivity contribution in [3.05, 3.63) is 20.8 Å². The molecule has 10 heavy (non-hydrogen) atoms. The highest BCUT2D eigenvalue weighted by Crippen LogP contribution is 2.22. The highest BCUT2D eigenvalue weighted by Gasteiger charge is 2.08. The molecule has 0 fully saturated rings. The van der Waals surface area contributed by atoms with Crippen LogP contribution in [0.25, 0.3) is 0 Å². The van der Waals surface area contributed by atoms with Gasteiger partial charge in [-0.1, -0.05) is 0 Å². The maximum absolute atomic E-state index is 10.8. The van der Waals surface area contributed by atoms with E-state index in [1.165, 1.54) is 11.3 Å². The molecule has 0 saturated carbocycles. The predicted molar refractivity (Wildman–Crippen MR) is 45.3 cm³/mol. The predicted octanol–water partition coefficient (Wildman–Crippen LogP) is 2.39. The van der Waals surface area contributed by atoms with E-state index in [1.807, 2.05) is 10.2 Å². The van der Waals surface area contributed by atoms with Gasteiger partial charge in [-0.05, 0) is 27.4 Å². The van der Waals surface area contributed by atoms with E-state index >= 15 is 0 Å². The molecule has 0 aliphatic carbocycles. The molecule has 0 aliphatic rings. The minimum Gasteiger partial charge on any atom is -0.267 e. The van der Waals surface area contributed by atoms with Crippen molar-refractivity contribution in [1.82, 2.24) is 4.84 Å². The smallest absolute Gasteiger partial charge is 0.267 e. The first kappa shape index (κ1) is 8.04. The molecule has 1 rings (SSSR count). The van der Waals surface area contributed by atoms with E-state index in [0.717, 1.165) is 4.47 Å². The number of carbonyl (C=O) groups excluding carboxylic acids is 1. The fraction of sp³-hybridized carbons (Fsp3) is 0. The van der Waals surface area contributed by atoms with Crippen LogP contribution in [0.5, 0.6) is 0 Å². The number of nitrogens with one attached hydrogen (secondary N) is 1. The molecular weight excluding hydrogens is 237 g/mol. The molecule has 0 unspecified atom stereocenters. The molecule has 0 atom stereocenters. The zero-order chi connectivity index (χ0) is 7.56. The van der Waals surface area contributed by atoms with Crippen LogP contribution in [0.3, 0.4) is 0 Å². The third kappa shape index (κ3) is 1.51. The highest BCUT2D eigenvalue weighted by molar-refractivity contribution is 9.10. The van der Waals surface area contributed by atoms with Crippen molar-refractivity contribution < 1.29 is 4.79 Å². The van der Waals surface area contributed by atoms with Gasteiger partial charge in [0.05, 0.1) is 0 Å². The van der Waals surface area contributed by atoms with Crippen LogP contribution in [-0.4, -0.2) is 5.91 Å². The molecule has 0 aliphatic heterocycles. The van der Waals surface area contributed by atoms with E-state index in [0.29, 0.717) is 4.88 Å². The van der Waals surface area contributed by atoms with Crippen LogP contribution in [0.2, 0.25) is 0 Å². The fourth-order valence-electron chi connectivity index (χ4n) is 0.499. The summed E-state index contributed by atoms with van der Waals surface area (Å²) in [5.41, 5.74) is 0. The molecule has 1 amide bonds. The van der Waals surface area contributed by atoms with E-state index in [4.69, 9.17) is 11.8 Å². The quantitative estimate of drug-likeness (QED) is 0.751. The van der Waals surface area contributed by atoms with Gasteiger partial charge in [0.15, 0.2) is 0 Å². The van der Waals surface area contributed by atoms with Gasteiger partial charge < -0.3 is 0 Å². The Morgan fingerprint density at radius 2 is 2.50 bits per heavy atom. The van der Waals surface area contributed by atoms with Gasteiger partial charge in [-0.2, -0.15) is 0 Å². The van der Waals surface area contributed by atoms with Gasteiger partial charge >= 0.3 is 0 Å². The standard InChI is InChI=1S/C5H3BrClNOS/c6-3-1-2-10-4(3)5(9)8-7/h1-2H,(H,8,9). The van der Waals surface area contributed by atoms with Crippen molar-refractivity contribution in [3.63, 3.8) is 0 Å². The number of rotatable bonds is 1. The summed E-state index contributed by atoms with van der Waals surface area (Å²) in [4.78, 5) is 13.4. The van der Waals surface area contributed by atoms with Gasteiger partial charge in [-0.3, -0.25) is 9.63 Å². The van der Waals surface area contributed by atoms with Gasteiger partial charge in [0, 0.05) is 16.2 Å². The van der Waals surface area contributed by atoms with Gasteiger partial charge in [-0.15, -0.1) is 11.3 Å². The molecule has 5 heteroatoms. The molecule has 1 N–H and O–H groups in total. The number of halogens is 2.